The monoisotopic (exact) mass is 152 g/mol. The van der Waals surface area contributed by atoms with Gasteiger partial charge in [-0.3, -0.25) is 11.3 Å². The maximum atomic E-state index is 5.58. The predicted octanol–water partition coefficient (Wildman–Crippen LogP) is -0.330. The highest BCUT2D eigenvalue weighted by Gasteiger charge is 1.96. The first-order chi connectivity index (χ1) is 5.34. The van der Waals surface area contributed by atoms with Crippen LogP contribution in [-0.4, -0.2) is 11.5 Å². The first-order valence-electron chi connectivity index (χ1n) is 3.47. The highest BCUT2D eigenvalue weighted by molar-refractivity contribution is 5.38. The number of anilines is 1. The van der Waals surface area contributed by atoms with Crippen LogP contribution in [0, 0.1) is 0 Å². The third-order valence-electron chi connectivity index (χ3n) is 1.46. The summed E-state index contributed by atoms with van der Waals surface area (Å²) in [6.07, 6.45) is 2.49. The molecule has 11 heavy (non-hydrogen) atoms. The lowest BCUT2D eigenvalue weighted by atomic mass is 10.2. The number of hydrogen-bond acceptors (Lipinski definition) is 4. The van der Waals surface area contributed by atoms with Crippen LogP contribution in [0.5, 0.6) is 0 Å². The quantitative estimate of drug-likeness (QED) is 0.409. The Hall–Kier alpha value is -1.13. The topological polar surface area (TPSA) is 77.0 Å². The highest BCUT2D eigenvalue weighted by atomic mass is 15.2. The van der Waals surface area contributed by atoms with Crippen LogP contribution in [0.4, 0.5) is 5.82 Å². The second kappa shape index (κ2) is 3.90. The fourth-order valence-corrected chi connectivity index (χ4v) is 0.869. The first kappa shape index (κ1) is 7.97. The van der Waals surface area contributed by atoms with Crippen LogP contribution in [0.15, 0.2) is 18.3 Å². The summed E-state index contributed by atoms with van der Waals surface area (Å²) in [7, 11) is 0. The average molecular weight is 152 g/mol. The molecule has 0 radical (unpaired) electrons. The molecule has 1 rings (SSSR count). The van der Waals surface area contributed by atoms with Gasteiger partial charge in [-0.2, -0.15) is 0 Å². The van der Waals surface area contributed by atoms with E-state index in [1.54, 1.807) is 6.20 Å². The lowest BCUT2D eigenvalue weighted by molar-refractivity contribution is 0.728. The zero-order chi connectivity index (χ0) is 8.10. The van der Waals surface area contributed by atoms with Crippen molar-refractivity contribution in [2.75, 3.05) is 12.3 Å². The van der Waals surface area contributed by atoms with Crippen molar-refractivity contribution >= 4 is 5.82 Å². The molecule has 0 spiro atoms. The van der Waals surface area contributed by atoms with Crippen molar-refractivity contribution in [3.63, 3.8) is 0 Å². The van der Waals surface area contributed by atoms with E-state index in [9.17, 15) is 0 Å². The highest BCUT2D eigenvalue weighted by Crippen LogP contribution is 2.06. The van der Waals surface area contributed by atoms with E-state index >= 15 is 0 Å². The molecular formula is C7H12N4. The number of pyridine rings is 1. The van der Waals surface area contributed by atoms with Gasteiger partial charge in [0.1, 0.15) is 5.82 Å². The molecule has 0 aliphatic heterocycles. The molecule has 0 saturated carbocycles. The van der Waals surface area contributed by atoms with Crippen LogP contribution in [0.3, 0.4) is 0 Å². The number of hydrogen-bond donors (Lipinski definition) is 3. The molecule has 4 nitrogen and oxygen atoms in total. The third-order valence-corrected chi connectivity index (χ3v) is 1.46. The van der Waals surface area contributed by atoms with Crippen molar-refractivity contribution < 1.29 is 0 Å². The number of nitrogens with zero attached hydrogens (tertiary/aromatic N) is 1. The Balaban J connectivity index is 2.62. The number of aromatic nitrogens is 1. The molecule has 1 heterocycles. The molecule has 0 fully saturated rings. The van der Waals surface area contributed by atoms with Gasteiger partial charge in [-0.25, -0.2) is 4.98 Å². The van der Waals surface area contributed by atoms with Crippen molar-refractivity contribution in [3.05, 3.63) is 23.9 Å². The molecule has 0 saturated heterocycles. The van der Waals surface area contributed by atoms with E-state index in [4.69, 9.17) is 11.6 Å². The Bertz CT molecular complexity index is 223. The van der Waals surface area contributed by atoms with Gasteiger partial charge in [0.15, 0.2) is 0 Å². The number of nitrogen functional groups attached to an aromatic ring is 1. The zero-order valence-electron chi connectivity index (χ0n) is 6.25. The van der Waals surface area contributed by atoms with E-state index in [-0.39, 0.29) is 0 Å². The molecule has 0 aliphatic carbocycles. The first-order valence-corrected chi connectivity index (χ1v) is 3.47. The Labute approximate surface area is 65.6 Å². The largest absolute Gasteiger partial charge is 0.383 e. The van der Waals surface area contributed by atoms with Crippen LogP contribution in [-0.2, 0) is 6.42 Å². The lowest BCUT2D eigenvalue weighted by Gasteiger charge is -2.02. The molecule has 4 heteroatoms. The summed E-state index contributed by atoms with van der Waals surface area (Å²) in [6.45, 7) is 0.718. The van der Waals surface area contributed by atoms with Crippen LogP contribution < -0.4 is 17.0 Å². The Morgan fingerprint density at radius 1 is 1.55 bits per heavy atom. The number of nitrogens with two attached hydrogens (primary N) is 2. The maximum absolute atomic E-state index is 5.58. The van der Waals surface area contributed by atoms with Gasteiger partial charge in [-0.05, 0) is 18.1 Å². The van der Waals surface area contributed by atoms with Gasteiger partial charge in [0, 0.05) is 12.7 Å². The number of nitrogens with one attached hydrogen (secondary N) is 1. The third kappa shape index (κ3) is 2.18. The van der Waals surface area contributed by atoms with Crippen molar-refractivity contribution in [2.24, 2.45) is 5.84 Å². The van der Waals surface area contributed by atoms with Crippen LogP contribution in [0.1, 0.15) is 5.56 Å². The number of rotatable bonds is 3. The van der Waals surface area contributed by atoms with Crippen LogP contribution in [0.25, 0.3) is 0 Å². The molecular weight excluding hydrogens is 140 g/mol. The molecule has 0 atom stereocenters. The summed E-state index contributed by atoms with van der Waals surface area (Å²) in [5.41, 5.74) is 9.17. The van der Waals surface area contributed by atoms with Gasteiger partial charge in [0.25, 0.3) is 0 Å². The zero-order valence-corrected chi connectivity index (χ0v) is 6.25. The molecule has 5 N–H and O–H groups in total. The van der Waals surface area contributed by atoms with E-state index in [1.165, 1.54) is 0 Å². The normalized spacial score (nSPS) is 9.91. The predicted molar refractivity (Wildman–Crippen MR) is 44.5 cm³/mol. The lowest BCUT2D eigenvalue weighted by Crippen LogP contribution is -2.24. The molecule has 0 aromatic carbocycles. The van der Waals surface area contributed by atoms with Gasteiger partial charge in [0.05, 0.1) is 0 Å². The summed E-state index contributed by atoms with van der Waals surface area (Å²) in [4.78, 5) is 3.94. The van der Waals surface area contributed by atoms with Gasteiger partial charge in [-0.1, -0.05) is 6.07 Å². The summed E-state index contributed by atoms with van der Waals surface area (Å²) in [5.74, 6) is 5.70. The standard InChI is InChI=1S/C7H12N4/c8-7-6(3-5-11-9)2-1-4-10-7/h1-2,4,11H,3,5,9H2,(H2,8,10). The fraction of sp³-hybridized carbons (Fsp3) is 0.286. The van der Waals surface area contributed by atoms with Crippen molar-refractivity contribution in [3.8, 4) is 0 Å². The molecule has 0 aliphatic rings. The van der Waals surface area contributed by atoms with E-state index in [2.05, 4.69) is 10.4 Å². The van der Waals surface area contributed by atoms with Gasteiger partial charge in [0.2, 0.25) is 0 Å². The second-order valence-electron chi connectivity index (χ2n) is 2.25. The van der Waals surface area contributed by atoms with Crippen molar-refractivity contribution in [1.82, 2.24) is 10.4 Å². The molecule has 60 valence electrons. The second-order valence-corrected chi connectivity index (χ2v) is 2.25. The van der Waals surface area contributed by atoms with E-state index < -0.39 is 0 Å². The SMILES string of the molecule is NNCCc1cccnc1N. The maximum Gasteiger partial charge on any atom is 0.126 e. The van der Waals surface area contributed by atoms with Crippen molar-refractivity contribution in [2.45, 2.75) is 6.42 Å². The Kier molecular flexibility index (Phi) is 2.83. The fourth-order valence-electron chi connectivity index (χ4n) is 0.869. The van der Waals surface area contributed by atoms with Gasteiger partial charge >= 0.3 is 0 Å². The van der Waals surface area contributed by atoms with Gasteiger partial charge in [-0.15, -0.1) is 0 Å². The van der Waals surface area contributed by atoms with Crippen molar-refractivity contribution in [1.29, 1.82) is 0 Å². The summed E-state index contributed by atoms with van der Waals surface area (Å²) < 4.78 is 0. The van der Waals surface area contributed by atoms with E-state index in [0.717, 1.165) is 18.5 Å². The summed E-state index contributed by atoms with van der Waals surface area (Å²) in [5, 5.41) is 0. The van der Waals surface area contributed by atoms with Crippen LogP contribution in [0.2, 0.25) is 0 Å². The molecule has 1 aromatic heterocycles. The summed E-state index contributed by atoms with van der Waals surface area (Å²) in [6, 6.07) is 3.81. The molecule has 0 bridgehead atoms. The van der Waals surface area contributed by atoms with E-state index in [0.29, 0.717) is 5.82 Å². The average Bonchev–Trinajstić information content (AvgIpc) is 2.03. The molecule has 0 unspecified atom stereocenters. The molecule has 1 aromatic rings. The Morgan fingerprint density at radius 2 is 2.36 bits per heavy atom. The summed E-state index contributed by atoms with van der Waals surface area (Å²) >= 11 is 0. The van der Waals surface area contributed by atoms with E-state index in [1.807, 2.05) is 12.1 Å². The minimum absolute atomic E-state index is 0.586. The smallest absolute Gasteiger partial charge is 0.126 e. The van der Waals surface area contributed by atoms with Crippen LogP contribution >= 0.6 is 0 Å². The van der Waals surface area contributed by atoms with Gasteiger partial charge < -0.3 is 5.73 Å². The number of hydrazine groups is 1. The minimum atomic E-state index is 0.586. The Morgan fingerprint density at radius 3 is 3.00 bits per heavy atom. The minimum Gasteiger partial charge on any atom is -0.383 e. The molecule has 0 amide bonds.